The second-order valence-corrected chi connectivity index (χ2v) is 6.90. The molecule has 2 aromatic carbocycles. The van der Waals surface area contributed by atoms with E-state index in [0.29, 0.717) is 30.4 Å². The standard InChI is InChI=1S/C20H24N4O3/c1-15(2)22-10-12-23(13-11-22)20(25)16-8-9-18(19(14-16)24(26)27)21-17-6-4-3-5-7-17/h3-9,14-15,21H,10-13H2,1-2H3. The SMILES string of the molecule is CC(C)N1CCN(C(=O)c2ccc(Nc3ccccc3)c([N+](=O)[O-])c2)CC1. The number of benzene rings is 2. The third kappa shape index (κ3) is 4.43. The van der Waals surface area contributed by atoms with Gasteiger partial charge >= 0.3 is 0 Å². The number of hydrogen-bond acceptors (Lipinski definition) is 5. The molecule has 1 N–H and O–H groups in total. The summed E-state index contributed by atoms with van der Waals surface area (Å²) in [6, 6.07) is 14.3. The Morgan fingerprint density at radius 2 is 1.74 bits per heavy atom. The summed E-state index contributed by atoms with van der Waals surface area (Å²) in [4.78, 5) is 27.9. The molecule has 1 fully saturated rings. The van der Waals surface area contributed by atoms with E-state index in [4.69, 9.17) is 0 Å². The zero-order valence-electron chi connectivity index (χ0n) is 15.6. The topological polar surface area (TPSA) is 78.7 Å². The lowest BCUT2D eigenvalue weighted by molar-refractivity contribution is -0.383. The van der Waals surface area contributed by atoms with Crippen molar-refractivity contribution in [3.05, 3.63) is 64.2 Å². The molecule has 7 nitrogen and oxygen atoms in total. The lowest BCUT2D eigenvalue weighted by Crippen LogP contribution is -2.50. The first-order chi connectivity index (χ1) is 13.0. The van der Waals surface area contributed by atoms with Gasteiger partial charge < -0.3 is 10.2 Å². The first-order valence-corrected chi connectivity index (χ1v) is 9.09. The lowest BCUT2D eigenvalue weighted by atomic mass is 10.1. The number of para-hydroxylation sites is 1. The number of nitrogens with one attached hydrogen (secondary N) is 1. The van der Waals surface area contributed by atoms with Crippen LogP contribution in [0.25, 0.3) is 0 Å². The number of nitro benzene ring substituents is 1. The van der Waals surface area contributed by atoms with E-state index in [2.05, 4.69) is 24.1 Å². The van der Waals surface area contributed by atoms with Crippen molar-refractivity contribution in [1.82, 2.24) is 9.80 Å². The van der Waals surface area contributed by atoms with Crippen molar-refractivity contribution < 1.29 is 9.72 Å². The van der Waals surface area contributed by atoms with Crippen LogP contribution in [-0.4, -0.2) is 52.9 Å². The molecule has 1 aliphatic heterocycles. The normalized spacial score (nSPS) is 15.0. The summed E-state index contributed by atoms with van der Waals surface area (Å²) in [6.45, 7) is 7.18. The van der Waals surface area contributed by atoms with Crippen LogP contribution in [0.1, 0.15) is 24.2 Å². The summed E-state index contributed by atoms with van der Waals surface area (Å²) in [5, 5.41) is 14.6. The molecular weight excluding hydrogens is 344 g/mol. The van der Waals surface area contributed by atoms with E-state index < -0.39 is 4.92 Å². The molecule has 27 heavy (non-hydrogen) atoms. The fourth-order valence-corrected chi connectivity index (χ4v) is 3.22. The zero-order chi connectivity index (χ0) is 19.4. The van der Waals surface area contributed by atoms with E-state index >= 15 is 0 Å². The molecule has 0 atom stereocenters. The van der Waals surface area contributed by atoms with Crippen LogP contribution in [0.4, 0.5) is 17.1 Å². The van der Waals surface area contributed by atoms with Crippen molar-refractivity contribution in [3.8, 4) is 0 Å². The van der Waals surface area contributed by atoms with E-state index in [1.807, 2.05) is 30.3 Å². The van der Waals surface area contributed by atoms with Crippen LogP contribution in [-0.2, 0) is 0 Å². The van der Waals surface area contributed by atoms with Gasteiger partial charge in [0, 0.05) is 49.5 Å². The molecule has 0 radical (unpaired) electrons. The van der Waals surface area contributed by atoms with Crippen LogP contribution < -0.4 is 5.32 Å². The van der Waals surface area contributed by atoms with Gasteiger partial charge in [0.25, 0.3) is 11.6 Å². The Hall–Kier alpha value is -2.93. The molecule has 1 heterocycles. The average Bonchev–Trinajstić information content (AvgIpc) is 2.68. The number of nitro groups is 1. The maximum absolute atomic E-state index is 12.8. The smallest absolute Gasteiger partial charge is 0.293 e. The highest BCUT2D eigenvalue weighted by atomic mass is 16.6. The van der Waals surface area contributed by atoms with Crippen molar-refractivity contribution in [3.63, 3.8) is 0 Å². The highest BCUT2D eigenvalue weighted by Crippen LogP contribution is 2.29. The fraction of sp³-hybridized carbons (Fsp3) is 0.350. The van der Waals surface area contributed by atoms with Crippen LogP contribution in [0.2, 0.25) is 0 Å². The molecule has 0 unspecified atom stereocenters. The summed E-state index contributed by atoms with van der Waals surface area (Å²) in [5.74, 6) is -0.159. The molecule has 142 valence electrons. The van der Waals surface area contributed by atoms with Gasteiger partial charge in [-0.15, -0.1) is 0 Å². The average molecular weight is 368 g/mol. The Balaban J connectivity index is 1.77. The number of amides is 1. The predicted octanol–water partition coefficient (Wildman–Crippen LogP) is 3.50. The number of anilines is 2. The fourth-order valence-electron chi connectivity index (χ4n) is 3.22. The first-order valence-electron chi connectivity index (χ1n) is 9.09. The van der Waals surface area contributed by atoms with E-state index in [1.54, 1.807) is 17.0 Å². The van der Waals surface area contributed by atoms with Crippen molar-refractivity contribution in [2.24, 2.45) is 0 Å². The summed E-state index contributed by atoms with van der Waals surface area (Å²) in [7, 11) is 0. The zero-order valence-corrected chi connectivity index (χ0v) is 15.6. The second-order valence-electron chi connectivity index (χ2n) is 6.90. The summed E-state index contributed by atoms with van der Waals surface area (Å²) < 4.78 is 0. The maximum atomic E-state index is 12.8. The summed E-state index contributed by atoms with van der Waals surface area (Å²) in [5.41, 5.74) is 1.36. The minimum atomic E-state index is -0.460. The van der Waals surface area contributed by atoms with Crippen LogP contribution in [0, 0.1) is 10.1 Å². The molecule has 1 aliphatic rings. The Kier molecular flexibility index (Phi) is 5.71. The maximum Gasteiger partial charge on any atom is 0.293 e. The third-order valence-electron chi connectivity index (χ3n) is 4.83. The van der Waals surface area contributed by atoms with E-state index in [-0.39, 0.29) is 11.6 Å². The number of nitrogens with zero attached hydrogens (tertiary/aromatic N) is 3. The van der Waals surface area contributed by atoms with Gasteiger partial charge in [0.15, 0.2) is 0 Å². The Labute approximate surface area is 158 Å². The van der Waals surface area contributed by atoms with Gasteiger partial charge in [0.2, 0.25) is 0 Å². The number of carbonyl (C=O) groups is 1. The second kappa shape index (κ2) is 8.18. The lowest BCUT2D eigenvalue weighted by Gasteiger charge is -2.36. The van der Waals surface area contributed by atoms with Crippen LogP contribution in [0.3, 0.4) is 0 Å². The van der Waals surface area contributed by atoms with Gasteiger partial charge in [-0.25, -0.2) is 0 Å². The molecule has 3 rings (SSSR count). The molecule has 0 bridgehead atoms. The molecule has 7 heteroatoms. The minimum absolute atomic E-state index is 0.106. The number of carbonyl (C=O) groups excluding carboxylic acids is 1. The number of hydrogen-bond donors (Lipinski definition) is 1. The van der Waals surface area contributed by atoms with Gasteiger partial charge in [-0.2, -0.15) is 0 Å². The molecule has 1 amide bonds. The number of piperazine rings is 1. The third-order valence-corrected chi connectivity index (χ3v) is 4.83. The van der Waals surface area contributed by atoms with Crippen LogP contribution in [0.15, 0.2) is 48.5 Å². The highest BCUT2D eigenvalue weighted by Gasteiger charge is 2.25. The largest absolute Gasteiger partial charge is 0.350 e. The van der Waals surface area contributed by atoms with Gasteiger partial charge in [0.05, 0.1) is 4.92 Å². The van der Waals surface area contributed by atoms with Gasteiger partial charge in [-0.05, 0) is 38.1 Å². The molecule has 0 aliphatic carbocycles. The van der Waals surface area contributed by atoms with E-state index in [1.165, 1.54) is 6.07 Å². The Morgan fingerprint density at radius 3 is 2.33 bits per heavy atom. The quantitative estimate of drug-likeness (QED) is 0.645. The minimum Gasteiger partial charge on any atom is -0.350 e. The monoisotopic (exact) mass is 368 g/mol. The van der Waals surface area contributed by atoms with Gasteiger partial charge in [-0.3, -0.25) is 19.8 Å². The Morgan fingerprint density at radius 1 is 1.07 bits per heavy atom. The van der Waals surface area contributed by atoms with Crippen molar-refractivity contribution >= 4 is 23.0 Å². The van der Waals surface area contributed by atoms with Crippen LogP contribution in [0.5, 0.6) is 0 Å². The van der Waals surface area contributed by atoms with Crippen molar-refractivity contribution in [1.29, 1.82) is 0 Å². The molecule has 2 aromatic rings. The summed E-state index contributed by atoms with van der Waals surface area (Å²) in [6.07, 6.45) is 0. The first kappa shape index (κ1) is 18.8. The van der Waals surface area contributed by atoms with Gasteiger partial charge in [0.1, 0.15) is 5.69 Å². The van der Waals surface area contributed by atoms with Crippen molar-refractivity contribution in [2.45, 2.75) is 19.9 Å². The predicted molar refractivity (Wildman–Crippen MR) is 105 cm³/mol. The highest BCUT2D eigenvalue weighted by molar-refractivity contribution is 5.96. The van der Waals surface area contributed by atoms with Crippen LogP contribution >= 0.6 is 0 Å². The molecule has 1 saturated heterocycles. The van der Waals surface area contributed by atoms with E-state index in [9.17, 15) is 14.9 Å². The molecule has 0 saturated carbocycles. The molecular formula is C20H24N4O3. The molecule has 0 spiro atoms. The summed E-state index contributed by atoms with van der Waals surface area (Å²) >= 11 is 0. The number of rotatable bonds is 5. The van der Waals surface area contributed by atoms with Gasteiger partial charge in [-0.1, -0.05) is 18.2 Å². The van der Waals surface area contributed by atoms with Crippen molar-refractivity contribution in [2.75, 3.05) is 31.5 Å². The molecule has 0 aromatic heterocycles. The van der Waals surface area contributed by atoms with E-state index in [0.717, 1.165) is 18.8 Å². The Bertz CT molecular complexity index is 815.